The second kappa shape index (κ2) is 7.85. The van der Waals surface area contributed by atoms with E-state index < -0.39 is 0 Å². The molecule has 2 bridgehead atoms. The summed E-state index contributed by atoms with van der Waals surface area (Å²) >= 11 is 0. The van der Waals surface area contributed by atoms with Crippen molar-refractivity contribution >= 4 is 5.91 Å². The van der Waals surface area contributed by atoms with E-state index in [1.807, 2.05) is 30.1 Å². The summed E-state index contributed by atoms with van der Waals surface area (Å²) in [4.78, 5) is 17.0. The summed E-state index contributed by atoms with van der Waals surface area (Å²) in [5.74, 6) is 0.189. The number of likely N-dealkylation sites (N-methyl/N-ethyl adjacent to an activating group) is 1. The summed E-state index contributed by atoms with van der Waals surface area (Å²) in [6.45, 7) is 1.95. The lowest BCUT2D eigenvalue weighted by Crippen LogP contribution is -2.46. The van der Waals surface area contributed by atoms with E-state index in [2.05, 4.69) is 17.0 Å². The standard InChI is InChI=1S/C20H30N2O3/c1-21(10-11-25-2)14-19(24)22-17-8-9-18(22)20(13-17,15-23)12-16-6-4-3-5-7-16/h3-7,17-18,23H,8-15H2,1-2H3/t17-,18+,20-/m0/s1. The van der Waals surface area contributed by atoms with Crippen molar-refractivity contribution in [1.82, 2.24) is 9.80 Å². The van der Waals surface area contributed by atoms with Gasteiger partial charge in [-0.3, -0.25) is 9.69 Å². The summed E-state index contributed by atoms with van der Waals surface area (Å²) < 4.78 is 5.09. The van der Waals surface area contributed by atoms with Crippen LogP contribution >= 0.6 is 0 Å². The SMILES string of the molecule is COCCN(C)CC(=O)N1[C@H]2CC[C@@H]1[C@@](CO)(Cc1ccccc1)C2. The molecule has 5 nitrogen and oxygen atoms in total. The maximum atomic E-state index is 12.9. The zero-order valence-corrected chi connectivity index (χ0v) is 15.4. The second-order valence-corrected chi connectivity index (χ2v) is 7.67. The Kier molecular flexibility index (Phi) is 5.77. The van der Waals surface area contributed by atoms with Crippen LogP contribution in [0.3, 0.4) is 0 Å². The molecule has 2 heterocycles. The lowest BCUT2D eigenvalue weighted by atomic mass is 9.70. The Balaban J connectivity index is 1.70. The highest BCUT2D eigenvalue weighted by Gasteiger charge is 2.56. The van der Waals surface area contributed by atoms with Crippen LogP contribution in [0.5, 0.6) is 0 Å². The Morgan fingerprint density at radius 2 is 2.12 bits per heavy atom. The van der Waals surface area contributed by atoms with Crippen LogP contribution in [-0.4, -0.2) is 73.4 Å². The molecule has 2 aliphatic rings. The van der Waals surface area contributed by atoms with Crippen molar-refractivity contribution in [2.45, 2.75) is 37.8 Å². The molecule has 0 spiro atoms. The molecular weight excluding hydrogens is 316 g/mol. The third-order valence-electron chi connectivity index (χ3n) is 5.94. The number of carbonyl (C=O) groups is 1. The van der Waals surface area contributed by atoms with Crippen LogP contribution in [0.4, 0.5) is 0 Å². The van der Waals surface area contributed by atoms with Gasteiger partial charge in [0.2, 0.25) is 5.91 Å². The number of methoxy groups -OCH3 is 1. The quantitative estimate of drug-likeness (QED) is 0.776. The predicted octanol–water partition coefficient (Wildman–Crippen LogP) is 1.55. The fourth-order valence-electron chi connectivity index (χ4n) is 4.72. The molecule has 0 aliphatic carbocycles. The average molecular weight is 346 g/mol. The van der Waals surface area contributed by atoms with E-state index in [4.69, 9.17) is 4.74 Å². The molecule has 1 aromatic carbocycles. The molecule has 1 N–H and O–H groups in total. The maximum absolute atomic E-state index is 12.9. The number of benzene rings is 1. The summed E-state index contributed by atoms with van der Waals surface area (Å²) in [6.07, 6.45) is 3.83. The molecule has 2 aliphatic heterocycles. The van der Waals surface area contributed by atoms with Crippen LogP contribution in [-0.2, 0) is 16.0 Å². The van der Waals surface area contributed by atoms with Gasteiger partial charge in [0.25, 0.3) is 0 Å². The number of hydrogen-bond acceptors (Lipinski definition) is 4. The number of ether oxygens (including phenoxy) is 1. The van der Waals surface area contributed by atoms with E-state index >= 15 is 0 Å². The number of fused-ring (bicyclic) bond motifs is 2. The molecule has 0 radical (unpaired) electrons. The largest absolute Gasteiger partial charge is 0.396 e. The Labute approximate surface area is 150 Å². The number of hydrogen-bond donors (Lipinski definition) is 1. The minimum atomic E-state index is -0.189. The molecule has 2 saturated heterocycles. The van der Waals surface area contributed by atoms with Crippen LogP contribution in [0.15, 0.2) is 30.3 Å². The first-order valence-electron chi connectivity index (χ1n) is 9.23. The van der Waals surface area contributed by atoms with Crippen LogP contribution < -0.4 is 0 Å². The van der Waals surface area contributed by atoms with E-state index in [1.165, 1.54) is 5.56 Å². The van der Waals surface area contributed by atoms with Crippen molar-refractivity contribution in [2.75, 3.05) is 40.5 Å². The van der Waals surface area contributed by atoms with Crippen molar-refractivity contribution in [2.24, 2.45) is 5.41 Å². The smallest absolute Gasteiger partial charge is 0.237 e. The molecular formula is C20H30N2O3. The Morgan fingerprint density at radius 1 is 1.36 bits per heavy atom. The van der Waals surface area contributed by atoms with Crippen LogP contribution in [0.2, 0.25) is 0 Å². The molecule has 0 saturated carbocycles. The van der Waals surface area contributed by atoms with E-state index in [1.54, 1.807) is 7.11 Å². The van der Waals surface area contributed by atoms with Crippen LogP contribution in [0.25, 0.3) is 0 Å². The Hall–Kier alpha value is -1.43. The molecule has 3 rings (SSSR count). The normalized spacial score (nSPS) is 28.1. The number of nitrogens with zero attached hydrogens (tertiary/aromatic N) is 2. The van der Waals surface area contributed by atoms with Gasteiger partial charge in [-0.2, -0.15) is 0 Å². The number of amides is 1. The van der Waals surface area contributed by atoms with E-state index in [9.17, 15) is 9.90 Å². The minimum Gasteiger partial charge on any atom is -0.396 e. The summed E-state index contributed by atoms with van der Waals surface area (Å²) in [7, 11) is 3.63. The molecule has 1 aromatic rings. The van der Waals surface area contributed by atoms with Crippen LogP contribution in [0.1, 0.15) is 24.8 Å². The molecule has 138 valence electrons. The highest BCUT2D eigenvalue weighted by Crippen LogP contribution is 2.51. The van der Waals surface area contributed by atoms with E-state index in [-0.39, 0.29) is 30.0 Å². The number of carbonyl (C=O) groups excluding carboxylic acids is 1. The van der Waals surface area contributed by atoms with E-state index in [0.29, 0.717) is 13.2 Å². The first-order chi connectivity index (χ1) is 12.1. The highest BCUT2D eigenvalue weighted by molar-refractivity contribution is 5.80. The zero-order chi connectivity index (χ0) is 17.9. The van der Waals surface area contributed by atoms with Gasteiger partial charge in [0.05, 0.1) is 19.8 Å². The average Bonchev–Trinajstić information content (AvgIpc) is 3.17. The fourth-order valence-corrected chi connectivity index (χ4v) is 4.72. The lowest BCUT2D eigenvalue weighted by Gasteiger charge is -2.36. The lowest BCUT2D eigenvalue weighted by molar-refractivity contribution is -0.134. The van der Waals surface area contributed by atoms with Gasteiger partial charge in [0.1, 0.15) is 0 Å². The van der Waals surface area contributed by atoms with Gasteiger partial charge in [-0.1, -0.05) is 30.3 Å². The van der Waals surface area contributed by atoms with Crippen LogP contribution in [0, 0.1) is 5.41 Å². The van der Waals surface area contributed by atoms with Gasteiger partial charge in [-0.05, 0) is 38.3 Å². The first-order valence-corrected chi connectivity index (χ1v) is 9.23. The summed E-state index contributed by atoms with van der Waals surface area (Å²) in [5.41, 5.74) is 1.05. The topological polar surface area (TPSA) is 53.0 Å². The van der Waals surface area contributed by atoms with E-state index in [0.717, 1.165) is 32.2 Å². The van der Waals surface area contributed by atoms with Crippen molar-refractivity contribution < 1.29 is 14.6 Å². The van der Waals surface area contributed by atoms with Gasteiger partial charge >= 0.3 is 0 Å². The predicted molar refractivity (Wildman–Crippen MR) is 97.3 cm³/mol. The molecule has 5 heteroatoms. The molecule has 0 aromatic heterocycles. The van der Waals surface area contributed by atoms with Gasteiger partial charge in [0.15, 0.2) is 0 Å². The van der Waals surface area contributed by atoms with Gasteiger partial charge in [0, 0.05) is 31.2 Å². The van der Waals surface area contributed by atoms with Crippen molar-refractivity contribution in [3.05, 3.63) is 35.9 Å². The fraction of sp³-hybridized carbons (Fsp3) is 0.650. The number of rotatable bonds is 8. The molecule has 1 amide bonds. The zero-order valence-electron chi connectivity index (χ0n) is 15.4. The molecule has 0 unspecified atom stereocenters. The molecule has 3 atom stereocenters. The third kappa shape index (κ3) is 3.73. The highest BCUT2D eigenvalue weighted by atomic mass is 16.5. The van der Waals surface area contributed by atoms with Gasteiger partial charge in [-0.15, -0.1) is 0 Å². The van der Waals surface area contributed by atoms with Gasteiger partial charge in [-0.25, -0.2) is 0 Å². The third-order valence-corrected chi connectivity index (χ3v) is 5.94. The molecule has 2 fully saturated rings. The van der Waals surface area contributed by atoms with Crippen molar-refractivity contribution in [3.8, 4) is 0 Å². The Bertz CT molecular complexity index is 580. The first kappa shape index (κ1) is 18.4. The minimum absolute atomic E-state index is 0.145. The monoisotopic (exact) mass is 346 g/mol. The summed E-state index contributed by atoms with van der Waals surface area (Å²) in [6, 6.07) is 10.8. The van der Waals surface area contributed by atoms with Crippen molar-refractivity contribution in [1.29, 1.82) is 0 Å². The van der Waals surface area contributed by atoms with Crippen molar-refractivity contribution in [3.63, 3.8) is 0 Å². The van der Waals surface area contributed by atoms with Gasteiger partial charge < -0.3 is 14.7 Å². The Morgan fingerprint density at radius 3 is 2.80 bits per heavy atom. The maximum Gasteiger partial charge on any atom is 0.237 e. The summed E-state index contributed by atoms with van der Waals surface area (Å²) in [5, 5.41) is 10.2. The molecule has 25 heavy (non-hydrogen) atoms. The number of aliphatic hydroxyl groups excluding tert-OH is 1. The second-order valence-electron chi connectivity index (χ2n) is 7.67. The number of aliphatic hydroxyl groups is 1.